The average molecular weight is 345 g/mol. The normalized spacial score (nSPS) is 19.4. The van der Waals surface area contributed by atoms with Gasteiger partial charge >= 0.3 is 0 Å². The van der Waals surface area contributed by atoms with Gasteiger partial charge in [0.2, 0.25) is 0 Å². The summed E-state index contributed by atoms with van der Waals surface area (Å²) in [5.41, 5.74) is 1.25. The van der Waals surface area contributed by atoms with Crippen LogP contribution in [0, 0.1) is 0 Å². The van der Waals surface area contributed by atoms with Gasteiger partial charge in [0, 0.05) is 0 Å². The van der Waals surface area contributed by atoms with Gasteiger partial charge in [0.15, 0.2) is 0 Å². The Labute approximate surface area is 154 Å². The zero-order valence-corrected chi connectivity index (χ0v) is 16.3. The molecule has 1 saturated heterocycles. The molecule has 1 aliphatic heterocycles. The lowest BCUT2D eigenvalue weighted by atomic mass is 10.1. The van der Waals surface area contributed by atoms with Crippen molar-refractivity contribution >= 4 is 0 Å². The molecule has 0 amide bonds. The van der Waals surface area contributed by atoms with E-state index < -0.39 is 0 Å². The molecular formula is C23H36O2. The van der Waals surface area contributed by atoms with Gasteiger partial charge < -0.3 is 9.47 Å². The average Bonchev–Trinajstić information content (AvgIpc) is 3.36. The molecule has 1 unspecified atom stereocenters. The number of ether oxygens (including phenoxy) is 2. The Morgan fingerprint density at radius 3 is 2.44 bits per heavy atom. The summed E-state index contributed by atoms with van der Waals surface area (Å²) in [6.45, 7) is 5.84. The van der Waals surface area contributed by atoms with E-state index in [2.05, 4.69) is 44.2 Å². The smallest absolute Gasteiger partial charge is 0.123 e. The summed E-state index contributed by atoms with van der Waals surface area (Å²) in [4.78, 5) is 0. The molecule has 1 aromatic carbocycles. The van der Waals surface area contributed by atoms with Crippen LogP contribution in [-0.2, 0) is 11.2 Å². The summed E-state index contributed by atoms with van der Waals surface area (Å²) in [6.07, 6.45) is 17.7. The number of rotatable bonds is 14. The van der Waals surface area contributed by atoms with Gasteiger partial charge in [0.1, 0.15) is 18.0 Å². The summed E-state index contributed by atoms with van der Waals surface area (Å²) < 4.78 is 11.4. The number of aryl methyl sites for hydroxylation is 1. The minimum atomic E-state index is -0.0520. The molecule has 0 aliphatic carbocycles. The second kappa shape index (κ2) is 11.4. The highest BCUT2D eigenvalue weighted by molar-refractivity contribution is 5.33. The van der Waals surface area contributed by atoms with E-state index in [0.29, 0.717) is 6.61 Å². The maximum atomic E-state index is 5.97. The van der Waals surface area contributed by atoms with Crippen molar-refractivity contribution in [1.29, 1.82) is 0 Å². The van der Waals surface area contributed by atoms with Crippen LogP contribution >= 0.6 is 0 Å². The molecular weight excluding hydrogens is 308 g/mol. The Bertz CT molecular complexity index is 503. The Kier molecular flexibility index (Phi) is 9.10. The van der Waals surface area contributed by atoms with Crippen LogP contribution in [-0.4, -0.2) is 18.8 Å². The van der Waals surface area contributed by atoms with Crippen LogP contribution in [0.1, 0.15) is 77.2 Å². The summed E-state index contributed by atoms with van der Waals surface area (Å²) in [5, 5.41) is 0. The Hall–Kier alpha value is -1.28. The number of unbranched alkanes of at least 4 members (excludes halogenated alkanes) is 7. The van der Waals surface area contributed by atoms with E-state index >= 15 is 0 Å². The zero-order valence-electron chi connectivity index (χ0n) is 16.3. The third-order valence-electron chi connectivity index (χ3n) is 4.86. The van der Waals surface area contributed by atoms with Crippen molar-refractivity contribution in [3.8, 4) is 5.75 Å². The van der Waals surface area contributed by atoms with E-state index in [4.69, 9.17) is 9.47 Å². The third kappa shape index (κ3) is 8.58. The van der Waals surface area contributed by atoms with Gasteiger partial charge in [-0.3, -0.25) is 0 Å². The minimum Gasteiger partial charge on any atom is -0.490 e. The maximum absolute atomic E-state index is 5.97. The van der Waals surface area contributed by atoms with Gasteiger partial charge in [-0.05, 0) is 44.2 Å². The molecule has 0 bridgehead atoms. The van der Waals surface area contributed by atoms with Crippen LogP contribution in [0.15, 0.2) is 36.4 Å². The van der Waals surface area contributed by atoms with Crippen LogP contribution < -0.4 is 4.74 Å². The first-order valence-corrected chi connectivity index (χ1v) is 10.2. The SMILES string of the molecule is CCCCCCCCC/C=C/CCc1ccccc1OCC1(C)CO1. The molecule has 1 heterocycles. The molecule has 2 nitrogen and oxygen atoms in total. The number of para-hydroxylation sites is 1. The number of allylic oxidation sites excluding steroid dienone is 2. The molecule has 1 aromatic rings. The lowest BCUT2D eigenvalue weighted by Gasteiger charge is -2.12. The van der Waals surface area contributed by atoms with Gasteiger partial charge in [-0.1, -0.05) is 75.8 Å². The summed E-state index contributed by atoms with van der Waals surface area (Å²) in [5.74, 6) is 1.01. The summed E-state index contributed by atoms with van der Waals surface area (Å²) >= 11 is 0. The van der Waals surface area contributed by atoms with Crippen molar-refractivity contribution in [1.82, 2.24) is 0 Å². The molecule has 140 valence electrons. The Balaban J connectivity index is 1.56. The van der Waals surface area contributed by atoms with Crippen molar-refractivity contribution in [2.75, 3.05) is 13.2 Å². The molecule has 2 heteroatoms. The lowest BCUT2D eigenvalue weighted by Crippen LogP contribution is -2.17. The van der Waals surface area contributed by atoms with Crippen LogP contribution in [0.3, 0.4) is 0 Å². The quantitative estimate of drug-likeness (QED) is 0.219. The Morgan fingerprint density at radius 1 is 1.00 bits per heavy atom. The first-order valence-electron chi connectivity index (χ1n) is 10.2. The van der Waals surface area contributed by atoms with E-state index in [9.17, 15) is 0 Å². The van der Waals surface area contributed by atoms with Crippen molar-refractivity contribution in [3.63, 3.8) is 0 Å². The number of epoxide rings is 1. The van der Waals surface area contributed by atoms with Gasteiger partial charge in [-0.25, -0.2) is 0 Å². The monoisotopic (exact) mass is 344 g/mol. The van der Waals surface area contributed by atoms with Crippen molar-refractivity contribution in [2.24, 2.45) is 0 Å². The highest BCUT2D eigenvalue weighted by Gasteiger charge is 2.40. The predicted octanol–water partition coefficient (Wildman–Crippen LogP) is 6.48. The topological polar surface area (TPSA) is 21.8 Å². The first-order chi connectivity index (χ1) is 12.2. The lowest BCUT2D eigenvalue weighted by molar-refractivity contribution is 0.201. The molecule has 2 rings (SSSR count). The van der Waals surface area contributed by atoms with Crippen molar-refractivity contribution in [2.45, 2.75) is 83.7 Å². The Morgan fingerprint density at radius 2 is 1.68 bits per heavy atom. The van der Waals surface area contributed by atoms with Gasteiger partial charge in [-0.15, -0.1) is 0 Å². The fourth-order valence-electron chi connectivity index (χ4n) is 2.98. The van der Waals surface area contributed by atoms with Crippen molar-refractivity contribution in [3.05, 3.63) is 42.0 Å². The summed E-state index contributed by atoms with van der Waals surface area (Å²) in [7, 11) is 0. The predicted molar refractivity (Wildman–Crippen MR) is 106 cm³/mol. The van der Waals surface area contributed by atoms with E-state index in [0.717, 1.165) is 25.2 Å². The highest BCUT2D eigenvalue weighted by Crippen LogP contribution is 2.28. The minimum absolute atomic E-state index is 0.0520. The second-order valence-corrected chi connectivity index (χ2v) is 7.56. The van der Waals surface area contributed by atoms with Gasteiger partial charge in [0.05, 0.1) is 6.61 Å². The fraction of sp³-hybridized carbons (Fsp3) is 0.652. The second-order valence-electron chi connectivity index (χ2n) is 7.56. The third-order valence-corrected chi connectivity index (χ3v) is 4.86. The standard InChI is InChI=1S/C23H36O2/c1-3-4-5-6-7-8-9-10-11-12-13-16-21-17-14-15-18-22(21)24-19-23(2)20-25-23/h11-12,14-15,17-18H,3-10,13,16,19-20H2,1-2H3/b12-11+. The number of hydrogen-bond acceptors (Lipinski definition) is 2. The van der Waals surface area contributed by atoms with Crippen molar-refractivity contribution < 1.29 is 9.47 Å². The van der Waals surface area contributed by atoms with Gasteiger partial charge in [-0.2, -0.15) is 0 Å². The maximum Gasteiger partial charge on any atom is 0.123 e. The van der Waals surface area contributed by atoms with E-state index in [-0.39, 0.29) is 5.60 Å². The molecule has 0 aromatic heterocycles. The molecule has 0 N–H and O–H groups in total. The number of benzene rings is 1. The molecule has 0 spiro atoms. The molecule has 1 aliphatic rings. The molecule has 25 heavy (non-hydrogen) atoms. The van der Waals surface area contributed by atoms with E-state index in [1.807, 2.05) is 6.07 Å². The van der Waals surface area contributed by atoms with Gasteiger partial charge in [0.25, 0.3) is 0 Å². The van der Waals surface area contributed by atoms with Crippen LogP contribution in [0.25, 0.3) is 0 Å². The highest BCUT2D eigenvalue weighted by atomic mass is 16.6. The molecule has 0 radical (unpaired) electrons. The summed E-state index contributed by atoms with van der Waals surface area (Å²) in [6, 6.07) is 8.39. The van der Waals surface area contributed by atoms with E-state index in [1.54, 1.807) is 0 Å². The number of hydrogen-bond donors (Lipinski definition) is 0. The van der Waals surface area contributed by atoms with E-state index in [1.165, 1.54) is 56.9 Å². The van der Waals surface area contributed by atoms with Crippen LogP contribution in [0.5, 0.6) is 5.75 Å². The fourth-order valence-corrected chi connectivity index (χ4v) is 2.98. The largest absolute Gasteiger partial charge is 0.490 e. The zero-order chi connectivity index (χ0) is 17.8. The molecule has 1 fully saturated rings. The molecule has 1 atom stereocenters. The van der Waals surface area contributed by atoms with Crippen LogP contribution in [0.2, 0.25) is 0 Å². The van der Waals surface area contributed by atoms with Crippen LogP contribution in [0.4, 0.5) is 0 Å². The molecule has 0 saturated carbocycles. The first kappa shape index (κ1) is 20.0.